The number of rotatable bonds is 5. The van der Waals surface area contributed by atoms with Crippen molar-refractivity contribution in [1.82, 2.24) is 4.90 Å². The van der Waals surface area contributed by atoms with Crippen LogP contribution in [-0.4, -0.2) is 38.7 Å². The zero-order valence-corrected chi connectivity index (χ0v) is 11.1. The molecule has 0 saturated carbocycles. The van der Waals surface area contributed by atoms with E-state index in [0.29, 0.717) is 12.1 Å². The maximum absolute atomic E-state index is 13.0. The van der Waals surface area contributed by atoms with Crippen molar-refractivity contribution >= 4 is 9.84 Å². The van der Waals surface area contributed by atoms with Gasteiger partial charge in [0.2, 0.25) is 0 Å². The Hall–Kier alpha value is -0.940. The van der Waals surface area contributed by atoms with Gasteiger partial charge in [-0.3, -0.25) is 0 Å². The van der Waals surface area contributed by atoms with Gasteiger partial charge in [-0.2, -0.15) is 0 Å². The molecule has 1 aromatic carbocycles. The van der Waals surface area contributed by atoms with Crippen molar-refractivity contribution < 1.29 is 12.8 Å². The molecule has 0 unspecified atom stereocenters. The van der Waals surface area contributed by atoms with Gasteiger partial charge in [0.1, 0.15) is 5.82 Å². The van der Waals surface area contributed by atoms with Crippen molar-refractivity contribution in [2.24, 2.45) is 0 Å². The van der Waals surface area contributed by atoms with E-state index in [1.54, 1.807) is 12.1 Å². The van der Waals surface area contributed by atoms with Crippen LogP contribution in [0.5, 0.6) is 0 Å². The van der Waals surface area contributed by atoms with Crippen LogP contribution in [0.25, 0.3) is 0 Å². The molecular weight excluding hydrogens is 253 g/mol. The van der Waals surface area contributed by atoms with E-state index in [2.05, 4.69) is 4.90 Å². The molecule has 0 N–H and O–H groups in total. The van der Waals surface area contributed by atoms with Crippen LogP contribution < -0.4 is 0 Å². The Morgan fingerprint density at radius 1 is 1.22 bits per heavy atom. The third-order valence-electron chi connectivity index (χ3n) is 3.19. The standard InChI is InChI=1S/C13H18FNO2S/c14-13-5-3-4-12(10-13)11-18(16,17)9-8-15-6-1-2-7-15/h3-5,10H,1-2,6-9,11H2. The maximum Gasteiger partial charge on any atom is 0.155 e. The average molecular weight is 271 g/mol. The molecule has 1 heterocycles. The fraction of sp³-hybridized carbons (Fsp3) is 0.538. The van der Waals surface area contributed by atoms with Gasteiger partial charge in [0.25, 0.3) is 0 Å². The van der Waals surface area contributed by atoms with Crippen molar-refractivity contribution in [2.45, 2.75) is 18.6 Å². The lowest BCUT2D eigenvalue weighted by Gasteiger charge is -2.14. The summed E-state index contributed by atoms with van der Waals surface area (Å²) in [6.07, 6.45) is 2.31. The van der Waals surface area contributed by atoms with Gasteiger partial charge < -0.3 is 4.90 Å². The minimum absolute atomic E-state index is 0.0708. The predicted octanol–water partition coefficient (Wildman–Crippen LogP) is 1.84. The van der Waals surface area contributed by atoms with Crippen LogP contribution in [0.2, 0.25) is 0 Å². The van der Waals surface area contributed by atoms with Crippen LogP contribution in [0.1, 0.15) is 18.4 Å². The summed E-state index contributed by atoms with van der Waals surface area (Å²) in [6, 6.07) is 5.80. The molecule has 1 fully saturated rings. The zero-order valence-electron chi connectivity index (χ0n) is 10.3. The minimum atomic E-state index is -3.15. The van der Waals surface area contributed by atoms with Gasteiger partial charge in [-0.25, -0.2) is 12.8 Å². The summed E-state index contributed by atoms with van der Waals surface area (Å²) in [7, 11) is -3.15. The molecule has 1 aliphatic rings. The molecule has 2 rings (SSSR count). The highest BCUT2D eigenvalue weighted by Crippen LogP contribution is 2.11. The first kappa shape index (κ1) is 13.5. The first-order valence-electron chi connectivity index (χ1n) is 6.22. The average Bonchev–Trinajstić information content (AvgIpc) is 2.78. The fourth-order valence-electron chi connectivity index (χ4n) is 2.23. The van der Waals surface area contributed by atoms with E-state index >= 15 is 0 Å². The quantitative estimate of drug-likeness (QED) is 0.820. The number of likely N-dealkylation sites (tertiary alicyclic amines) is 1. The first-order valence-corrected chi connectivity index (χ1v) is 8.04. The van der Waals surface area contributed by atoms with Gasteiger partial charge in [-0.05, 0) is 43.6 Å². The number of nitrogens with zero attached hydrogens (tertiary/aromatic N) is 1. The molecule has 100 valence electrons. The molecular formula is C13H18FNO2S. The highest BCUT2D eigenvalue weighted by atomic mass is 32.2. The van der Waals surface area contributed by atoms with Crippen LogP contribution in [-0.2, 0) is 15.6 Å². The van der Waals surface area contributed by atoms with Crippen LogP contribution >= 0.6 is 0 Å². The van der Waals surface area contributed by atoms with Gasteiger partial charge in [-0.1, -0.05) is 12.1 Å². The molecule has 0 amide bonds. The normalized spacial score (nSPS) is 17.2. The molecule has 0 bridgehead atoms. The summed E-state index contributed by atoms with van der Waals surface area (Å²) >= 11 is 0. The molecule has 3 nitrogen and oxygen atoms in total. The van der Waals surface area contributed by atoms with E-state index in [0.717, 1.165) is 25.9 Å². The van der Waals surface area contributed by atoms with Crippen LogP contribution in [0.3, 0.4) is 0 Å². The summed E-state index contributed by atoms with van der Waals surface area (Å²) in [5.74, 6) is -0.301. The van der Waals surface area contributed by atoms with E-state index in [1.165, 1.54) is 12.1 Å². The van der Waals surface area contributed by atoms with Gasteiger partial charge >= 0.3 is 0 Å². The molecule has 18 heavy (non-hydrogen) atoms. The highest BCUT2D eigenvalue weighted by Gasteiger charge is 2.17. The van der Waals surface area contributed by atoms with Crippen LogP contribution in [0.15, 0.2) is 24.3 Å². The largest absolute Gasteiger partial charge is 0.302 e. The van der Waals surface area contributed by atoms with Gasteiger partial charge in [-0.15, -0.1) is 0 Å². The second-order valence-electron chi connectivity index (χ2n) is 4.77. The lowest BCUT2D eigenvalue weighted by atomic mass is 10.2. The molecule has 0 spiro atoms. The Bertz CT molecular complexity index is 495. The van der Waals surface area contributed by atoms with Crippen LogP contribution in [0, 0.1) is 5.82 Å². The fourth-order valence-corrected chi connectivity index (χ4v) is 3.60. The number of hydrogen-bond acceptors (Lipinski definition) is 3. The molecule has 1 aromatic rings. The molecule has 1 aliphatic heterocycles. The zero-order chi connectivity index (χ0) is 13.0. The van der Waals surface area contributed by atoms with Crippen molar-refractivity contribution in [2.75, 3.05) is 25.4 Å². The van der Waals surface area contributed by atoms with Gasteiger partial charge in [0.05, 0.1) is 11.5 Å². The number of benzene rings is 1. The maximum atomic E-state index is 13.0. The van der Waals surface area contributed by atoms with Crippen LogP contribution in [0.4, 0.5) is 4.39 Å². The topological polar surface area (TPSA) is 37.4 Å². The predicted molar refractivity (Wildman–Crippen MR) is 69.6 cm³/mol. The Morgan fingerprint density at radius 2 is 1.94 bits per heavy atom. The lowest BCUT2D eigenvalue weighted by Crippen LogP contribution is -2.27. The van der Waals surface area contributed by atoms with Gasteiger partial charge in [0.15, 0.2) is 9.84 Å². The second kappa shape index (κ2) is 5.80. The minimum Gasteiger partial charge on any atom is -0.302 e. The van der Waals surface area contributed by atoms with Crippen molar-refractivity contribution in [3.8, 4) is 0 Å². The van der Waals surface area contributed by atoms with Crippen molar-refractivity contribution in [3.63, 3.8) is 0 Å². The van der Waals surface area contributed by atoms with Crippen molar-refractivity contribution in [1.29, 1.82) is 0 Å². The summed E-state index contributed by atoms with van der Waals surface area (Å²) in [5.41, 5.74) is 0.524. The Kier molecular flexibility index (Phi) is 4.35. The Labute approximate surface area is 108 Å². The summed E-state index contributed by atoms with van der Waals surface area (Å²) in [6.45, 7) is 2.59. The van der Waals surface area contributed by atoms with E-state index < -0.39 is 9.84 Å². The molecule has 5 heteroatoms. The third kappa shape index (κ3) is 4.07. The van der Waals surface area contributed by atoms with Gasteiger partial charge in [0, 0.05) is 6.54 Å². The second-order valence-corrected chi connectivity index (χ2v) is 6.95. The van der Waals surface area contributed by atoms with E-state index in [4.69, 9.17) is 0 Å². The summed E-state index contributed by atoms with van der Waals surface area (Å²) < 4.78 is 36.8. The Balaban J connectivity index is 1.90. The molecule has 0 radical (unpaired) electrons. The smallest absolute Gasteiger partial charge is 0.155 e. The van der Waals surface area contributed by atoms with E-state index in [-0.39, 0.29) is 17.3 Å². The van der Waals surface area contributed by atoms with E-state index in [1.807, 2.05) is 0 Å². The monoisotopic (exact) mass is 271 g/mol. The molecule has 0 aliphatic carbocycles. The molecule has 1 saturated heterocycles. The number of hydrogen-bond donors (Lipinski definition) is 0. The SMILES string of the molecule is O=S(=O)(CCN1CCCC1)Cc1cccc(F)c1. The lowest BCUT2D eigenvalue weighted by molar-refractivity contribution is 0.359. The summed E-state index contributed by atoms with van der Waals surface area (Å²) in [4.78, 5) is 2.17. The summed E-state index contributed by atoms with van der Waals surface area (Å²) in [5, 5.41) is 0. The number of halogens is 1. The molecule has 0 aromatic heterocycles. The van der Waals surface area contributed by atoms with Crippen molar-refractivity contribution in [3.05, 3.63) is 35.6 Å². The van der Waals surface area contributed by atoms with E-state index in [9.17, 15) is 12.8 Å². The highest BCUT2D eigenvalue weighted by molar-refractivity contribution is 7.90. The number of sulfone groups is 1. The Morgan fingerprint density at radius 3 is 2.61 bits per heavy atom. The third-order valence-corrected chi connectivity index (χ3v) is 4.77. The molecule has 0 atom stereocenters. The first-order chi connectivity index (χ1) is 8.55.